The Kier molecular flexibility index (Phi) is 3.78. The van der Waals surface area contributed by atoms with E-state index in [1.54, 1.807) is 18.2 Å². The van der Waals surface area contributed by atoms with Gasteiger partial charge in [0.1, 0.15) is 5.52 Å². The van der Waals surface area contributed by atoms with Crippen LogP contribution in [0.15, 0.2) is 40.8 Å². The van der Waals surface area contributed by atoms with Gasteiger partial charge in [0.25, 0.3) is 5.24 Å². The van der Waals surface area contributed by atoms with Crippen LogP contribution in [0.25, 0.3) is 22.6 Å². The van der Waals surface area contributed by atoms with Crippen LogP contribution in [-0.4, -0.2) is 10.2 Å². The van der Waals surface area contributed by atoms with E-state index >= 15 is 0 Å². The minimum atomic E-state index is -0.498. The van der Waals surface area contributed by atoms with Crippen LogP contribution in [0.3, 0.4) is 0 Å². The van der Waals surface area contributed by atoms with Crippen LogP contribution in [0.4, 0.5) is 0 Å². The molecular weight excluding hydrogens is 346 g/mol. The fourth-order valence-corrected chi connectivity index (χ4v) is 4.01. The number of halogens is 1. The fraction of sp³-hybridized carbons (Fsp3) is 0.364. The number of carbonyl (C=O) groups excluding carboxylic acids is 1. The van der Waals surface area contributed by atoms with Crippen LogP contribution in [0, 0.1) is 0 Å². The molecule has 0 N–H and O–H groups in total. The van der Waals surface area contributed by atoms with Gasteiger partial charge in [-0.15, -0.1) is 0 Å². The number of aromatic nitrogens is 1. The molecule has 0 saturated carbocycles. The maximum Gasteiger partial charge on any atom is 0.252 e. The van der Waals surface area contributed by atoms with Gasteiger partial charge in [-0.2, -0.15) is 0 Å². The average Bonchev–Trinajstić information content (AvgIpc) is 3.02. The highest BCUT2D eigenvalue weighted by molar-refractivity contribution is 6.67. The van der Waals surface area contributed by atoms with Crippen LogP contribution >= 0.6 is 11.6 Å². The van der Waals surface area contributed by atoms with E-state index in [4.69, 9.17) is 16.0 Å². The Bertz CT molecular complexity index is 1030. The fourth-order valence-electron chi connectivity index (χ4n) is 3.89. The van der Waals surface area contributed by atoms with Crippen molar-refractivity contribution in [2.45, 2.75) is 51.4 Å². The third-order valence-corrected chi connectivity index (χ3v) is 5.93. The molecule has 0 amide bonds. The average molecular weight is 368 g/mol. The quantitative estimate of drug-likeness (QED) is 0.505. The summed E-state index contributed by atoms with van der Waals surface area (Å²) in [7, 11) is 0. The van der Waals surface area contributed by atoms with Crippen molar-refractivity contribution in [1.82, 2.24) is 4.98 Å². The van der Waals surface area contributed by atoms with Crippen LogP contribution < -0.4 is 0 Å². The van der Waals surface area contributed by atoms with Crippen LogP contribution in [0.2, 0.25) is 0 Å². The molecular formula is C22H22ClNO2. The first-order valence-corrected chi connectivity index (χ1v) is 9.31. The molecule has 0 spiro atoms. The molecule has 0 radical (unpaired) electrons. The van der Waals surface area contributed by atoms with Crippen molar-refractivity contribution in [1.29, 1.82) is 0 Å². The van der Waals surface area contributed by atoms with Gasteiger partial charge in [-0.1, -0.05) is 33.8 Å². The first-order valence-electron chi connectivity index (χ1n) is 8.93. The lowest BCUT2D eigenvalue weighted by Crippen LogP contribution is -2.33. The molecule has 0 atom stereocenters. The number of carbonyl (C=O) groups is 1. The van der Waals surface area contributed by atoms with Crippen molar-refractivity contribution in [2.24, 2.45) is 0 Å². The normalized spacial score (nSPS) is 17.9. The molecule has 0 bridgehead atoms. The molecule has 4 heteroatoms. The number of benzene rings is 2. The predicted octanol–water partition coefficient (Wildman–Crippen LogP) is 6.22. The minimum absolute atomic E-state index is 0.130. The highest BCUT2D eigenvalue weighted by Crippen LogP contribution is 2.46. The van der Waals surface area contributed by atoms with E-state index in [9.17, 15) is 4.79 Å². The van der Waals surface area contributed by atoms with Crippen molar-refractivity contribution in [3.8, 4) is 11.5 Å². The van der Waals surface area contributed by atoms with Gasteiger partial charge < -0.3 is 4.42 Å². The summed E-state index contributed by atoms with van der Waals surface area (Å²) in [6, 6.07) is 11.6. The van der Waals surface area contributed by atoms with E-state index in [1.165, 1.54) is 17.5 Å². The van der Waals surface area contributed by atoms with Gasteiger partial charge in [0, 0.05) is 11.1 Å². The lowest BCUT2D eigenvalue weighted by Gasteiger charge is -2.42. The molecule has 3 aromatic rings. The number of hydrogen-bond donors (Lipinski definition) is 0. The van der Waals surface area contributed by atoms with Gasteiger partial charge in [0.05, 0.1) is 0 Å². The Labute approximate surface area is 158 Å². The molecule has 1 aliphatic carbocycles. The Balaban J connectivity index is 1.84. The summed E-state index contributed by atoms with van der Waals surface area (Å²) < 4.78 is 5.93. The van der Waals surface area contributed by atoms with Gasteiger partial charge in [-0.25, -0.2) is 4.98 Å². The highest BCUT2D eigenvalue weighted by atomic mass is 35.5. The first-order chi connectivity index (χ1) is 12.2. The Morgan fingerprint density at radius 1 is 1.00 bits per heavy atom. The SMILES string of the molecule is CC1(C)CCC(C)(C)c2cc(-c3nc4ccc(C(=O)Cl)cc4o3)ccc21. The Morgan fingerprint density at radius 3 is 2.38 bits per heavy atom. The summed E-state index contributed by atoms with van der Waals surface area (Å²) in [4.78, 5) is 16.0. The van der Waals surface area contributed by atoms with Crippen LogP contribution in [-0.2, 0) is 10.8 Å². The molecule has 0 saturated heterocycles. The standard InChI is InChI=1S/C22H22ClNO2/c1-21(2)9-10-22(3,4)16-11-14(5-7-15(16)21)20-24-17-8-6-13(19(23)25)12-18(17)26-20/h5-8,11-12H,9-10H2,1-4H3. The topological polar surface area (TPSA) is 43.1 Å². The summed E-state index contributed by atoms with van der Waals surface area (Å²) in [6.45, 7) is 9.22. The summed E-state index contributed by atoms with van der Waals surface area (Å²) in [6.07, 6.45) is 2.34. The molecule has 1 aliphatic rings. The number of rotatable bonds is 2. The molecule has 3 nitrogen and oxygen atoms in total. The van der Waals surface area contributed by atoms with E-state index in [1.807, 2.05) is 0 Å². The van der Waals surface area contributed by atoms with Gasteiger partial charge in [-0.05, 0) is 76.7 Å². The Morgan fingerprint density at radius 2 is 1.69 bits per heavy atom. The third-order valence-electron chi connectivity index (χ3n) is 5.72. The number of fused-ring (bicyclic) bond motifs is 2. The molecule has 2 aromatic carbocycles. The van der Waals surface area contributed by atoms with Crippen molar-refractivity contribution in [3.05, 3.63) is 53.1 Å². The monoisotopic (exact) mass is 367 g/mol. The van der Waals surface area contributed by atoms with Gasteiger partial charge in [0.15, 0.2) is 5.58 Å². The Hall–Kier alpha value is -2.13. The molecule has 1 aromatic heterocycles. The highest BCUT2D eigenvalue weighted by Gasteiger charge is 2.37. The molecule has 0 aliphatic heterocycles. The largest absolute Gasteiger partial charge is 0.436 e. The number of oxazole rings is 1. The molecule has 134 valence electrons. The summed E-state index contributed by atoms with van der Waals surface area (Å²) >= 11 is 5.56. The summed E-state index contributed by atoms with van der Waals surface area (Å²) in [5.41, 5.74) is 5.75. The van der Waals surface area contributed by atoms with E-state index in [2.05, 4.69) is 50.9 Å². The predicted molar refractivity (Wildman–Crippen MR) is 105 cm³/mol. The summed E-state index contributed by atoms with van der Waals surface area (Å²) in [5, 5.41) is -0.498. The first kappa shape index (κ1) is 17.3. The van der Waals surface area contributed by atoms with E-state index in [0.29, 0.717) is 17.0 Å². The van der Waals surface area contributed by atoms with Gasteiger partial charge >= 0.3 is 0 Å². The zero-order valence-corrected chi connectivity index (χ0v) is 16.3. The lowest BCUT2D eigenvalue weighted by molar-refractivity contribution is 0.108. The number of hydrogen-bond acceptors (Lipinski definition) is 3. The van der Waals surface area contributed by atoms with E-state index in [-0.39, 0.29) is 10.8 Å². The maximum absolute atomic E-state index is 11.4. The van der Waals surface area contributed by atoms with Crippen molar-refractivity contribution >= 4 is 27.9 Å². The zero-order valence-electron chi connectivity index (χ0n) is 15.5. The van der Waals surface area contributed by atoms with Crippen LogP contribution in [0.1, 0.15) is 62.0 Å². The molecule has 26 heavy (non-hydrogen) atoms. The van der Waals surface area contributed by atoms with E-state index in [0.717, 1.165) is 17.5 Å². The van der Waals surface area contributed by atoms with Gasteiger partial charge in [0.2, 0.25) is 5.89 Å². The molecule has 0 unspecified atom stereocenters. The third kappa shape index (κ3) is 2.75. The van der Waals surface area contributed by atoms with Crippen molar-refractivity contribution < 1.29 is 9.21 Å². The maximum atomic E-state index is 11.4. The molecule has 1 heterocycles. The minimum Gasteiger partial charge on any atom is -0.436 e. The molecule has 4 rings (SSSR count). The number of nitrogens with zero attached hydrogens (tertiary/aromatic N) is 1. The molecule has 0 fully saturated rings. The van der Waals surface area contributed by atoms with Crippen molar-refractivity contribution in [3.63, 3.8) is 0 Å². The lowest BCUT2D eigenvalue weighted by atomic mass is 9.63. The zero-order chi connectivity index (χ0) is 18.7. The van der Waals surface area contributed by atoms with Gasteiger partial charge in [-0.3, -0.25) is 4.79 Å². The van der Waals surface area contributed by atoms with Crippen LogP contribution in [0.5, 0.6) is 0 Å². The smallest absolute Gasteiger partial charge is 0.252 e. The van der Waals surface area contributed by atoms with E-state index < -0.39 is 5.24 Å². The summed E-state index contributed by atoms with van der Waals surface area (Å²) in [5.74, 6) is 0.571. The second kappa shape index (κ2) is 5.68. The van der Waals surface area contributed by atoms with Crippen molar-refractivity contribution in [2.75, 3.05) is 0 Å². The second-order valence-corrected chi connectivity index (χ2v) is 8.85. The second-order valence-electron chi connectivity index (χ2n) is 8.50.